The van der Waals surface area contributed by atoms with Crippen LogP contribution in [0.25, 0.3) is 0 Å². The summed E-state index contributed by atoms with van der Waals surface area (Å²) in [6.07, 6.45) is 0.910. The first-order valence-corrected chi connectivity index (χ1v) is 6.02. The van der Waals surface area contributed by atoms with Crippen LogP contribution in [0.3, 0.4) is 0 Å². The summed E-state index contributed by atoms with van der Waals surface area (Å²) in [5.41, 5.74) is 6.13. The number of rotatable bonds is 5. The third-order valence-electron chi connectivity index (χ3n) is 1.99. The van der Waals surface area contributed by atoms with Crippen molar-refractivity contribution in [1.29, 1.82) is 0 Å². The summed E-state index contributed by atoms with van der Waals surface area (Å²) in [7, 11) is 0. The van der Waals surface area contributed by atoms with Crippen molar-refractivity contribution in [2.75, 3.05) is 5.75 Å². The molecule has 0 amide bonds. The molecule has 15 heavy (non-hydrogen) atoms. The van der Waals surface area contributed by atoms with E-state index in [4.69, 9.17) is 5.73 Å². The summed E-state index contributed by atoms with van der Waals surface area (Å²) >= 11 is 1.61. The van der Waals surface area contributed by atoms with E-state index >= 15 is 0 Å². The van der Waals surface area contributed by atoms with Crippen LogP contribution in [0.1, 0.15) is 18.9 Å². The van der Waals surface area contributed by atoms with E-state index in [1.807, 2.05) is 6.92 Å². The third kappa shape index (κ3) is 4.62. The molecule has 0 spiro atoms. The van der Waals surface area contributed by atoms with Gasteiger partial charge in [-0.05, 0) is 30.7 Å². The number of nitrogens with two attached hydrogens (primary N) is 1. The van der Waals surface area contributed by atoms with Gasteiger partial charge < -0.3 is 5.73 Å². The van der Waals surface area contributed by atoms with Crippen molar-refractivity contribution in [3.63, 3.8) is 0 Å². The van der Waals surface area contributed by atoms with Crippen LogP contribution in [-0.2, 0) is 5.75 Å². The molecule has 84 valence electrons. The molecule has 0 saturated heterocycles. The molecule has 1 rings (SSSR count). The molecule has 1 nitrogen and oxygen atoms in total. The first-order valence-electron chi connectivity index (χ1n) is 4.87. The second-order valence-corrected chi connectivity index (χ2v) is 4.66. The second kappa shape index (κ2) is 6.08. The quantitative estimate of drug-likeness (QED) is 0.788. The average Bonchev–Trinajstić information content (AvgIpc) is 2.14. The van der Waals surface area contributed by atoms with Gasteiger partial charge >= 0.3 is 0 Å². The lowest BCUT2D eigenvalue weighted by Gasteiger charge is -2.05. The van der Waals surface area contributed by atoms with Crippen LogP contribution in [0.2, 0.25) is 0 Å². The van der Waals surface area contributed by atoms with Crippen LogP contribution in [-0.4, -0.2) is 11.8 Å². The Morgan fingerprint density at radius 2 is 2.13 bits per heavy atom. The van der Waals surface area contributed by atoms with Gasteiger partial charge in [0.2, 0.25) is 0 Å². The van der Waals surface area contributed by atoms with Crippen LogP contribution in [0.4, 0.5) is 8.78 Å². The summed E-state index contributed by atoms with van der Waals surface area (Å²) in [6, 6.07) is 3.87. The molecule has 1 aromatic carbocycles. The van der Waals surface area contributed by atoms with Gasteiger partial charge in [0.1, 0.15) is 11.6 Å². The highest BCUT2D eigenvalue weighted by atomic mass is 32.2. The predicted octanol–water partition coefficient (Wildman–Crippen LogP) is 2.94. The topological polar surface area (TPSA) is 26.0 Å². The van der Waals surface area contributed by atoms with Gasteiger partial charge in [0, 0.05) is 17.9 Å². The Hall–Kier alpha value is -0.610. The molecule has 0 bridgehead atoms. The van der Waals surface area contributed by atoms with E-state index < -0.39 is 11.6 Å². The Morgan fingerprint density at radius 3 is 2.73 bits per heavy atom. The average molecular weight is 231 g/mol. The Morgan fingerprint density at radius 1 is 1.40 bits per heavy atom. The van der Waals surface area contributed by atoms with Crippen molar-refractivity contribution >= 4 is 11.8 Å². The number of thioether (sulfide) groups is 1. The molecule has 0 aliphatic carbocycles. The zero-order valence-corrected chi connectivity index (χ0v) is 9.49. The van der Waals surface area contributed by atoms with Crippen molar-refractivity contribution in [1.82, 2.24) is 0 Å². The van der Waals surface area contributed by atoms with Gasteiger partial charge in [0.25, 0.3) is 0 Å². The van der Waals surface area contributed by atoms with Crippen molar-refractivity contribution in [3.05, 3.63) is 35.4 Å². The zero-order chi connectivity index (χ0) is 11.3. The fourth-order valence-corrected chi connectivity index (χ4v) is 2.23. The number of benzene rings is 1. The van der Waals surface area contributed by atoms with E-state index in [2.05, 4.69) is 0 Å². The molecule has 1 atom stereocenters. The van der Waals surface area contributed by atoms with Crippen LogP contribution in [0.15, 0.2) is 18.2 Å². The number of halogens is 2. The molecule has 0 heterocycles. The Balaban J connectivity index is 2.37. The minimum Gasteiger partial charge on any atom is -0.328 e. The van der Waals surface area contributed by atoms with Gasteiger partial charge in [-0.25, -0.2) is 8.78 Å². The lowest BCUT2D eigenvalue weighted by atomic mass is 10.2. The Labute approximate surface area is 93.1 Å². The van der Waals surface area contributed by atoms with E-state index in [0.717, 1.165) is 18.2 Å². The molecule has 1 aromatic rings. The van der Waals surface area contributed by atoms with Gasteiger partial charge in [0.15, 0.2) is 0 Å². The van der Waals surface area contributed by atoms with Crippen LogP contribution in [0.5, 0.6) is 0 Å². The number of hydrogen-bond acceptors (Lipinski definition) is 2. The van der Waals surface area contributed by atoms with Crippen molar-refractivity contribution in [3.8, 4) is 0 Å². The minimum absolute atomic E-state index is 0.176. The number of hydrogen-bond donors (Lipinski definition) is 1. The molecule has 0 fully saturated rings. The summed E-state index contributed by atoms with van der Waals surface area (Å²) in [5.74, 6) is 0.466. The van der Waals surface area contributed by atoms with Gasteiger partial charge in [-0.2, -0.15) is 11.8 Å². The zero-order valence-electron chi connectivity index (χ0n) is 8.67. The molecular weight excluding hydrogens is 216 g/mol. The highest BCUT2D eigenvalue weighted by Gasteiger charge is 2.03. The van der Waals surface area contributed by atoms with Crippen molar-refractivity contribution in [2.45, 2.75) is 25.1 Å². The van der Waals surface area contributed by atoms with Crippen LogP contribution >= 0.6 is 11.8 Å². The first kappa shape index (κ1) is 12.5. The SMILES string of the molecule is CC(N)CCSCc1ccc(F)cc1F. The molecule has 0 aliphatic rings. The normalized spacial score (nSPS) is 12.8. The predicted molar refractivity (Wildman–Crippen MR) is 60.8 cm³/mol. The Kier molecular flexibility index (Phi) is 5.05. The van der Waals surface area contributed by atoms with Gasteiger partial charge in [-0.1, -0.05) is 6.07 Å². The molecular formula is C11H15F2NS. The maximum atomic E-state index is 13.2. The van der Waals surface area contributed by atoms with E-state index in [9.17, 15) is 8.78 Å². The van der Waals surface area contributed by atoms with Gasteiger partial charge in [0.05, 0.1) is 0 Å². The molecule has 0 saturated carbocycles. The molecule has 1 unspecified atom stereocenters. The van der Waals surface area contributed by atoms with E-state index in [-0.39, 0.29) is 6.04 Å². The van der Waals surface area contributed by atoms with E-state index in [1.165, 1.54) is 12.1 Å². The van der Waals surface area contributed by atoms with Crippen molar-refractivity contribution in [2.24, 2.45) is 5.73 Å². The van der Waals surface area contributed by atoms with Crippen LogP contribution < -0.4 is 5.73 Å². The molecule has 0 radical (unpaired) electrons. The van der Waals surface area contributed by atoms with Gasteiger partial charge in [-0.15, -0.1) is 0 Å². The lowest BCUT2D eigenvalue weighted by molar-refractivity contribution is 0.576. The fourth-order valence-electron chi connectivity index (χ4n) is 1.09. The monoisotopic (exact) mass is 231 g/mol. The third-order valence-corrected chi connectivity index (χ3v) is 3.03. The Bertz CT molecular complexity index is 315. The molecule has 4 heteroatoms. The van der Waals surface area contributed by atoms with Crippen LogP contribution in [0, 0.1) is 11.6 Å². The smallest absolute Gasteiger partial charge is 0.130 e. The summed E-state index contributed by atoms with van der Waals surface area (Å²) in [5, 5.41) is 0. The lowest BCUT2D eigenvalue weighted by Crippen LogP contribution is -2.15. The molecule has 0 aromatic heterocycles. The minimum atomic E-state index is -0.531. The maximum Gasteiger partial charge on any atom is 0.130 e. The molecule has 0 aliphatic heterocycles. The standard InChI is InChI=1S/C11H15F2NS/c1-8(14)4-5-15-7-9-2-3-10(12)6-11(9)13/h2-3,6,8H,4-5,7,14H2,1H3. The van der Waals surface area contributed by atoms with E-state index in [0.29, 0.717) is 11.3 Å². The van der Waals surface area contributed by atoms with Crippen molar-refractivity contribution < 1.29 is 8.78 Å². The van der Waals surface area contributed by atoms with E-state index in [1.54, 1.807) is 11.8 Å². The summed E-state index contributed by atoms with van der Waals surface area (Å²) in [4.78, 5) is 0. The first-order chi connectivity index (χ1) is 7.09. The maximum absolute atomic E-state index is 13.2. The second-order valence-electron chi connectivity index (χ2n) is 3.55. The summed E-state index contributed by atoms with van der Waals surface area (Å²) < 4.78 is 25.7. The molecule has 2 N–H and O–H groups in total. The largest absolute Gasteiger partial charge is 0.328 e. The highest BCUT2D eigenvalue weighted by Crippen LogP contribution is 2.17. The summed E-state index contributed by atoms with van der Waals surface area (Å²) in [6.45, 7) is 1.94. The van der Waals surface area contributed by atoms with Gasteiger partial charge in [-0.3, -0.25) is 0 Å². The highest BCUT2D eigenvalue weighted by molar-refractivity contribution is 7.98. The fraction of sp³-hybridized carbons (Fsp3) is 0.455.